The molecule has 0 saturated carbocycles. The van der Waals surface area contributed by atoms with Crippen molar-refractivity contribution in [3.05, 3.63) is 243 Å². The molecule has 10 aromatic carbocycles. The number of rotatable bonds is 9. The van der Waals surface area contributed by atoms with E-state index in [2.05, 4.69) is 230 Å². The highest BCUT2D eigenvalue weighted by Crippen LogP contribution is 2.46. The van der Waals surface area contributed by atoms with Gasteiger partial charge in [-0.1, -0.05) is 201 Å². The second-order valence-electron chi connectivity index (χ2n) is 14.9. The zero-order chi connectivity index (χ0) is 39.5. The van der Waals surface area contributed by atoms with Gasteiger partial charge in [-0.05, 0) is 119 Å². The highest BCUT2D eigenvalue weighted by molar-refractivity contribution is 6.16. The smallest absolute Gasteiger partial charge is 0.0540 e. The lowest BCUT2D eigenvalue weighted by atomic mass is 9.91. The van der Waals surface area contributed by atoms with E-state index in [0.717, 1.165) is 28.2 Å². The average Bonchev–Trinajstić information content (AvgIpc) is 3.31. The Morgan fingerprint density at radius 1 is 0.339 bits per heavy atom. The van der Waals surface area contributed by atoms with Crippen LogP contribution in [-0.2, 0) is 0 Å². The summed E-state index contributed by atoms with van der Waals surface area (Å²) in [6.45, 7) is 3.87. The molecule has 0 fully saturated rings. The van der Waals surface area contributed by atoms with Crippen molar-refractivity contribution >= 4 is 66.2 Å². The zero-order valence-corrected chi connectivity index (χ0v) is 32.7. The van der Waals surface area contributed by atoms with E-state index in [9.17, 15) is 0 Å². The number of anilines is 3. The molecule has 0 bridgehead atoms. The van der Waals surface area contributed by atoms with Crippen molar-refractivity contribution in [2.24, 2.45) is 0 Å². The first-order chi connectivity index (χ1) is 29.2. The third kappa shape index (κ3) is 6.69. The molecule has 0 radical (unpaired) electrons. The van der Waals surface area contributed by atoms with E-state index in [1.807, 2.05) is 12.2 Å². The molecule has 278 valence electrons. The van der Waals surface area contributed by atoms with Gasteiger partial charge >= 0.3 is 0 Å². The number of benzene rings is 10. The van der Waals surface area contributed by atoms with Crippen LogP contribution in [0.5, 0.6) is 0 Å². The molecule has 0 aliphatic heterocycles. The van der Waals surface area contributed by atoms with E-state index >= 15 is 0 Å². The van der Waals surface area contributed by atoms with Crippen molar-refractivity contribution in [3.63, 3.8) is 0 Å². The third-order valence-corrected chi connectivity index (χ3v) is 11.4. The molecule has 0 N–H and O–H groups in total. The number of para-hydroxylation sites is 1. The van der Waals surface area contributed by atoms with Gasteiger partial charge in [0.1, 0.15) is 0 Å². The van der Waals surface area contributed by atoms with E-state index in [1.54, 1.807) is 6.08 Å². The van der Waals surface area contributed by atoms with Crippen molar-refractivity contribution < 1.29 is 0 Å². The highest BCUT2D eigenvalue weighted by atomic mass is 15.1. The summed E-state index contributed by atoms with van der Waals surface area (Å²) in [5, 5.41) is 10.0. The molecule has 0 aromatic heterocycles. The normalized spacial score (nSPS) is 11.7. The SMILES string of the molecule is C=C/C=C\C=C\c1cc(N(c2ccc(-c3cc4ccccc4c4ccccc34)cc2)c2ccccc2-c2cc3ccccc3c3ccccc23)ccc1-c1ccccc1. The molecule has 0 spiro atoms. The zero-order valence-electron chi connectivity index (χ0n) is 32.7. The molecular weight excluding hydrogens is 711 g/mol. The van der Waals surface area contributed by atoms with Crippen molar-refractivity contribution in [1.82, 2.24) is 0 Å². The summed E-state index contributed by atoms with van der Waals surface area (Å²) in [6.07, 6.45) is 10.1. The number of fused-ring (bicyclic) bond motifs is 6. The second kappa shape index (κ2) is 15.7. The summed E-state index contributed by atoms with van der Waals surface area (Å²) in [5.41, 5.74) is 11.5. The van der Waals surface area contributed by atoms with Crippen molar-refractivity contribution in [2.75, 3.05) is 4.90 Å². The minimum absolute atomic E-state index is 1.07. The molecule has 1 nitrogen and oxygen atoms in total. The predicted octanol–water partition coefficient (Wildman–Crippen LogP) is 16.5. The summed E-state index contributed by atoms with van der Waals surface area (Å²) in [4.78, 5) is 2.42. The number of hydrogen-bond donors (Lipinski definition) is 0. The Balaban J connectivity index is 1.19. The Morgan fingerprint density at radius 2 is 0.864 bits per heavy atom. The summed E-state index contributed by atoms with van der Waals surface area (Å²) in [7, 11) is 0. The first-order valence-corrected chi connectivity index (χ1v) is 20.2. The third-order valence-electron chi connectivity index (χ3n) is 11.4. The van der Waals surface area contributed by atoms with Gasteiger partial charge < -0.3 is 4.90 Å². The quantitative estimate of drug-likeness (QED) is 0.105. The predicted molar refractivity (Wildman–Crippen MR) is 256 cm³/mol. The first-order valence-electron chi connectivity index (χ1n) is 20.2. The molecule has 0 unspecified atom stereocenters. The molecule has 10 aromatic rings. The Bertz CT molecular complexity index is 3220. The van der Waals surface area contributed by atoms with E-state index in [4.69, 9.17) is 0 Å². The van der Waals surface area contributed by atoms with E-state index in [1.165, 1.54) is 70.9 Å². The maximum atomic E-state index is 3.87. The van der Waals surface area contributed by atoms with E-state index in [-0.39, 0.29) is 0 Å². The largest absolute Gasteiger partial charge is 0.310 e. The molecule has 0 atom stereocenters. The number of allylic oxidation sites excluding steroid dienone is 4. The standard InChI is InChI=1S/C58H41N/c1-2-3-4-6-21-43-38-47(36-37-48(43)41-19-7-5-8-20-41)59(46-34-32-42(33-35-46)56-39-44-22-9-11-24-49(44)51-26-13-15-28-53(51)56)58-31-18-17-30-55(58)57-40-45-23-10-12-25-50(45)52-27-14-16-29-54(52)57/h2-40H,1H2/b4-3-,21-6+. The summed E-state index contributed by atoms with van der Waals surface area (Å²) in [6, 6.07) is 75.1. The minimum atomic E-state index is 1.07. The molecule has 0 saturated heterocycles. The second-order valence-corrected chi connectivity index (χ2v) is 14.9. The van der Waals surface area contributed by atoms with Crippen LogP contribution in [-0.4, -0.2) is 0 Å². The van der Waals surface area contributed by atoms with Crippen LogP contribution in [0.2, 0.25) is 0 Å². The maximum absolute atomic E-state index is 3.87. The topological polar surface area (TPSA) is 3.24 Å². The van der Waals surface area contributed by atoms with Gasteiger partial charge in [0.05, 0.1) is 5.69 Å². The summed E-state index contributed by atoms with van der Waals surface area (Å²) < 4.78 is 0. The Hall–Kier alpha value is -7.74. The van der Waals surface area contributed by atoms with E-state index in [0.29, 0.717) is 0 Å². The maximum Gasteiger partial charge on any atom is 0.0540 e. The Kier molecular flexibility index (Phi) is 9.46. The van der Waals surface area contributed by atoms with E-state index < -0.39 is 0 Å². The van der Waals surface area contributed by atoms with Crippen molar-refractivity contribution in [3.8, 4) is 33.4 Å². The van der Waals surface area contributed by atoms with Crippen LogP contribution in [0, 0.1) is 0 Å². The van der Waals surface area contributed by atoms with Crippen LogP contribution >= 0.6 is 0 Å². The molecule has 0 heterocycles. The molecule has 10 rings (SSSR count). The molecule has 0 aliphatic carbocycles. The lowest BCUT2D eigenvalue weighted by molar-refractivity contribution is 1.28. The van der Waals surface area contributed by atoms with Crippen LogP contribution in [0.4, 0.5) is 17.1 Å². The van der Waals surface area contributed by atoms with Crippen LogP contribution < -0.4 is 4.90 Å². The van der Waals surface area contributed by atoms with Gasteiger partial charge in [-0.3, -0.25) is 0 Å². The fourth-order valence-electron chi connectivity index (χ4n) is 8.69. The molecule has 0 aliphatic rings. The fourth-order valence-corrected chi connectivity index (χ4v) is 8.69. The lowest BCUT2D eigenvalue weighted by Crippen LogP contribution is -2.11. The molecule has 59 heavy (non-hydrogen) atoms. The minimum Gasteiger partial charge on any atom is -0.310 e. The molecular formula is C58H41N. The van der Waals surface area contributed by atoms with Gasteiger partial charge in [0.25, 0.3) is 0 Å². The van der Waals surface area contributed by atoms with Gasteiger partial charge in [-0.2, -0.15) is 0 Å². The van der Waals surface area contributed by atoms with Gasteiger partial charge in [-0.15, -0.1) is 0 Å². The van der Waals surface area contributed by atoms with Gasteiger partial charge in [0, 0.05) is 16.9 Å². The molecule has 1 heteroatoms. The van der Waals surface area contributed by atoms with Crippen LogP contribution in [0.1, 0.15) is 5.56 Å². The van der Waals surface area contributed by atoms with Crippen LogP contribution in [0.3, 0.4) is 0 Å². The summed E-state index contributed by atoms with van der Waals surface area (Å²) in [5.74, 6) is 0. The lowest BCUT2D eigenvalue weighted by Gasteiger charge is -2.29. The van der Waals surface area contributed by atoms with Gasteiger partial charge in [-0.25, -0.2) is 0 Å². The average molecular weight is 752 g/mol. The van der Waals surface area contributed by atoms with Crippen molar-refractivity contribution in [1.29, 1.82) is 0 Å². The van der Waals surface area contributed by atoms with Gasteiger partial charge in [0.15, 0.2) is 0 Å². The Labute approximate surface area is 345 Å². The summed E-state index contributed by atoms with van der Waals surface area (Å²) >= 11 is 0. The molecule has 0 amide bonds. The van der Waals surface area contributed by atoms with Crippen molar-refractivity contribution in [2.45, 2.75) is 0 Å². The fraction of sp³-hybridized carbons (Fsp3) is 0. The Morgan fingerprint density at radius 3 is 1.54 bits per heavy atom. The van der Waals surface area contributed by atoms with Crippen LogP contribution in [0.25, 0.3) is 82.5 Å². The first kappa shape index (κ1) is 35.7. The number of hydrogen-bond acceptors (Lipinski definition) is 1. The highest BCUT2D eigenvalue weighted by Gasteiger charge is 2.21. The number of nitrogens with zero attached hydrogens (tertiary/aromatic N) is 1. The van der Waals surface area contributed by atoms with Gasteiger partial charge in [0.2, 0.25) is 0 Å². The van der Waals surface area contributed by atoms with Crippen LogP contribution in [0.15, 0.2) is 237 Å². The monoisotopic (exact) mass is 751 g/mol.